The average Bonchev–Trinajstić information content (AvgIpc) is 2.48. The highest BCUT2D eigenvalue weighted by atomic mass is 32.2. The zero-order valence-corrected chi connectivity index (χ0v) is 12.9. The van der Waals surface area contributed by atoms with E-state index >= 15 is 0 Å². The van der Waals surface area contributed by atoms with Gasteiger partial charge in [-0.3, -0.25) is 9.78 Å². The monoisotopic (exact) mass is 294 g/mol. The second kappa shape index (κ2) is 7.47. The van der Waals surface area contributed by atoms with Gasteiger partial charge < -0.3 is 10.6 Å². The second-order valence-electron chi connectivity index (χ2n) is 4.96. The first-order chi connectivity index (χ1) is 9.74. The number of carbonyl (C=O) groups excluding carboxylic acids is 1. The lowest BCUT2D eigenvalue weighted by molar-refractivity contribution is 0.0924. The van der Waals surface area contributed by atoms with Crippen molar-refractivity contribution in [1.82, 2.24) is 15.3 Å². The zero-order valence-electron chi connectivity index (χ0n) is 12.1. The van der Waals surface area contributed by atoms with Crippen LogP contribution < -0.4 is 10.6 Å². The second-order valence-corrected chi connectivity index (χ2v) is 6.04. The van der Waals surface area contributed by atoms with Crippen LogP contribution in [0.15, 0.2) is 12.4 Å². The molecule has 2 N–H and O–H groups in total. The van der Waals surface area contributed by atoms with Crippen LogP contribution in [0.1, 0.15) is 43.1 Å². The summed E-state index contributed by atoms with van der Waals surface area (Å²) < 4.78 is 0. The topological polar surface area (TPSA) is 66.9 Å². The van der Waals surface area contributed by atoms with Crippen molar-refractivity contribution in [2.75, 3.05) is 18.1 Å². The van der Waals surface area contributed by atoms with E-state index in [1.54, 1.807) is 6.20 Å². The summed E-state index contributed by atoms with van der Waals surface area (Å²) in [5.74, 6) is 0.522. The van der Waals surface area contributed by atoms with Gasteiger partial charge in [0.15, 0.2) is 0 Å². The van der Waals surface area contributed by atoms with Crippen LogP contribution in [0.3, 0.4) is 0 Å². The summed E-state index contributed by atoms with van der Waals surface area (Å²) in [4.78, 5) is 20.6. The number of carbonyl (C=O) groups is 1. The van der Waals surface area contributed by atoms with E-state index in [0.29, 0.717) is 16.8 Å². The van der Waals surface area contributed by atoms with E-state index in [4.69, 9.17) is 0 Å². The van der Waals surface area contributed by atoms with E-state index in [2.05, 4.69) is 26.9 Å². The van der Waals surface area contributed by atoms with Gasteiger partial charge in [-0.15, -0.1) is 0 Å². The molecule has 0 saturated heterocycles. The van der Waals surface area contributed by atoms with Gasteiger partial charge in [0.05, 0.1) is 12.4 Å². The van der Waals surface area contributed by atoms with Crippen LogP contribution in [0.2, 0.25) is 0 Å². The van der Waals surface area contributed by atoms with E-state index in [-0.39, 0.29) is 11.9 Å². The zero-order chi connectivity index (χ0) is 14.4. The third-order valence-electron chi connectivity index (χ3n) is 3.55. The maximum absolute atomic E-state index is 12.3. The van der Waals surface area contributed by atoms with E-state index in [1.807, 2.05) is 18.7 Å². The van der Waals surface area contributed by atoms with Gasteiger partial charge in [-0.05, 0) is 26.0 Å². The molecule has 6 heteroatoms. The van der Waals surface area contributed by atoms with Crippen molar-refractivity contribution >= 4 is 23.5 Å². The molecule has 0 aliphatic heterocycles. The van der Waals surface area contributed by atoms with Gasteiger partial charge >= 0.3 is 0 Å². The van der Waals surface area contributed by atoms with E-state index in [9.17, 15) is 4.79 Å². The third-order valence-corrected chi connectivity index (χ3v) is 4.72. The SMILES string of the molecule is CCNc1cncc(C(=O)NC2CCCCC2SC)n1. The van der Waals surface area contributed by atoms with Gasteiger partial charge in [-0.25, -0.2) is 4.98 Å². The molecule has 0 aromatic carbocycles. The minimum absolute atomic E-state index is 0.122. The Morgan fingerprint density at radius 1 is 1.40 bits per heavy atom. The Morgan fingerprint density at radius 2 is 2.20 bits per heavy atom. The van der Waals surface area contributed by atoms with Crippen molar-refractivity contribution < 1.29 is 4.79 Å². The number of aromatic nitrogens is 2. The van der Waals surface area contributed by atoms with Crippen molar-refractivity contribution in [1.29, 1.82) is 0 Å². The van der Waals surface area contributed by atoms with Crippen molar-refractivity contribution in [3.8, 4) is 0 Å². The summed E-state index contributed by atoms with van der Waals surface area (Å²) >= 11 is 1.84. The molecule has 1 aromatic rings. The molecule has 0 bridgehead atoms. The first-order valence-electron chi connectivity index (χ1n) is 7.14. The number of amides is 1. The normalized spacial score (nSPS) is 22.3. The molecule has 1 aliphatic rings. The lowest BCUT2D eigenvalue weighted by atomic mass is 9.95. The molecule has 0 spiro atoms. The summed E-state index contributed by atoms with van der Waals surface area (Å²) in [6.45, 7) is 2.75. The van der Waals surface area contributed by atoms with Gasteiger partial charge in [0.25, 0.3) is 5.91 Å². The van der Waals surface area contributed by atoms with Gasteiger partial charge in [0, 0.05) is 17.8 Å². The number of anilines is 1. The van der Waals surface area contributed by atoms with Crippen molar-refractivity contribution in [2.45, 2.75) is 43.9 Å². The van der Waals surface area contributed by atoms with Crippen LogP contribution in [0.5, 0.6) is 0 Å². The predicted octanol–water partition coefficient (Wildman–Crippen LogP) is 2.31. The van der Waals surface area contributed by atoms with Crippen LogP contribution in [0, 0.1) is 0 Å². The van der Waals surface area contributed by atoms with Crippen LogP contribution >= 0.6 is 11.8 Å². The highest BCUT2D eigenvalue weighted by Gasteiger charge is 2.26. The molecule has 1 amide bonds. The Bertz CT molecular complexity index is 455. The first kappa shape index (κ1) is 15.1. The number of nitrogens with zero attached hydrogens (tertiary/aromatic N) is 2. The number of hydrogen-bond donors (Lipinski definition) is 2. The van der Waals surface area contributed by atoms with E-state index < -0.39 is 0 Å². The molecule has 2 unspecified atom stereocenters. The standard InChI is InChI=1S/C14H22N4OS/c1-3-16-13-9-15-8-11(17-13)14(19)18-10-6-4-5-7-12(10)20-2/h8-10,12H,3-7H2,1-2H3,(H,16,17)(H,18,19). The quantitative estimate of drug-likeness (QED) is 0.872. The maximum atomic E-state index is 12.3. The molecule has 110 valence electrons. The van der Waals surface area contributed by atoms with Crippen molar-refractivity contribution in [3.63, 3.8) is 0 Å². The molecule has 1 aliphatic carbocycles. The molecule has 2 atom stereocenters. The van der Waals surface area contributed by atoms with Gasteiger partial charge in [-0.1, -0.05) is 12.8 Å². The Balaban J connectivity index is 2.01. The Morgan fingerprint density at radius 3 is 2.95 bits per heavy atom. The molecule has 1 fully saturated rings. The molecule has 1 heterocycles. The maximum Gasteiger partial charge on any atom is 0.271 e. The summed E-state index contributed by atoms with van der Waals surface area (Å²) in [6, 6.07) is 0.246. The number of rotatable bonds is 5. The summed E-state index contributed by atoms with van der Waals surface area (Å²) in [5, 5.41) is 6.70. The molecule has 2 rings (SSSR count). The fourth-order valence-corrected chi connectivity index (χ4v) is 3.46. The van der Waals surface area contributed by atoms with Crippen LogP contribution in [-0.2, 0) is 0 Å². The lowest BCUT2D eigenvalue weighted by Gasteiger charge is -2.30. The van der Waals surface area contributed by atoms with Crippen LogP contribution in [0.4, 0.5) is 5.82 Å². The Labute approximate surface area is 124 Å². The van der Waals surface area contributed by atoms with Crippen LogP contribution in [0.25, 0.3) is 0 Å². The highest BCUT2D eigenvalue weighted by Crippen LogP contribution is 2.27. The molecule has 5 nitrogen and oxygen atoms in total. The largest absolute Gasteiger partial charge is 0.369 e. The summed E-state index contributed by atoms with van der Waals surface area (Å²) in [5.41, 5.74) is 0.383. The number of thioether (sulfide) groups is 1. The van der Waals surface area contributed by atoms with Crippen LogP contribution in [-0.4, -0.2) is 40.0 Å². The fourth-order valence-electron chi connectivity index (χ4n) is 2.53. The van der Waals surface area contributed by atoms with Gasteiger partial charge in [0.1, 0.15) is 11.5 Å². The molecular formula is C14H22N4OS. The van der Waals surface area contributed by atoms with E-state index in [1.165, 1.54) is 25.5 Å². The van der Waals surface area contributed by atoms with E-state index in [0.717, 1.165) is 13.0 Å². The summed E-state index contributed by atoms with van der Waals surface area (Å²) in [6.07, 6.45) is 9.94. The molecule has 20 heavy (non-hydrogen) atoms. The molecule has 1 saturated carbocycles. The number of nitrogens with one attached hydrogen (secondary N) is 2. The Hall–Kier alpha value is -1.30. The lowest BCUT2D eigenvalue weighted by Crippen LogP contribution is -2.44. The van der Waals surface area contributed by atoms with Crippen molar-refractivity contribution in [2.24, 2.45) is 0 Å². The van der Waals surface area contributed by atoms with Gasteiger partial charge in [0.2, 0.25) is 0 Å². The van der Waals surface area contributed by atoms with Gasteiger partial charge in [-0.2, -0.15) is 11.8 Å². The molecule has 0 radical (unpaired) electrons. The minimum atomic E-state index is -0.122. The molecular weight excluding hydrogens is 272 g/mol. The molecule has 1 aromatic heterocycles. The van der Waals surface area contributed by atoms with Crippen molar-refractivity contribution in [3.05, 3.63) is 18.1 Å². The first-order valence-corrected chi connectivity index (χ1v) is 8.43. The number of hydrogen-bond acceptors (Lipinski definition) is 5. The Kier molecular flexibility index (Phi) is 5.64. The minimum Gasteiger partial charge on any atom is -0.369 e. The smallest absolute Gasteiger partial charge is 0.271 e. The third kappa shape index (κ3) is 3.85. The average molecular weight is 294 g/mol. The summed E-state index contributed by atoms with van der Waals surface area (Å²) in [7, 11) is 0. The fraction of sp³-hybridized carbons (Fsp3) is 0.643. The predicted molar refractivity (Wildman–Crippen MR) is 83.2 cm³/mol. The highest BCUT2D eigenvalue weighted by molar-refractivity contribution is 7.99.